The van der Waals surface area contributed by atoms with E-state index in [-0.39, 0.29) is 21.1 Å². The molecule has 10 nitrogen and oxygen atoms in total. The van der Waals surface area contributed by atoms with Crippen molar-refractivity contribution in [2.75, 3.05) is 13.1 Å². The third-order valence-corrected chi connectivity index (χ3v) is 0.167. The average molecular weight is 396 g/mol. The Kier molecular flexibility index (Phi) is 63.2. The molecule has 11 heteroatoms. The van der Waals surface area contributed by atoms with E-state index in [1.165, 1.54) is 0 Å². The summed E-state index contributed by atoms with van der Waals surface area (Å²) in [5.41, 5.74) is 9.81. The molecule has 0 spiro atoms. The van der Waals surface area contributed by atoms with Gasteiger partial charge in [0.1, 0.15) is 0 Å². The Balaban J connectivity index is -0.0000000331. The Morgan fingerprint density at radius 1 is 0.619 bits per heavy atom. The van der Waals surface area contributed by atoms with E-state index in [1.807, 2.05) is 0 Å². The maximum Gasteiger partial charge on any atom is 0.300 e. The third kappa shape index (κ3) is 19200. The molecule has 0 aromatic heterocycles. The predicted octanol–water partition coefficient (Wildman–Crippen LogP) is -0.735. The maximum absolute atomic E-state index is 9.00. The molecule has 0 saturated heterocycles. The zero-order chi connectivity index (χ0) is 17.7. The first-order valence-electron chi connectivity index (χ1n) is 5.03. The van der Waals surface area contributed by atoms with Crippen molar-refractivity contribution < 1.29 is 60.7 Å². The van der Waals surface area contributed by atoms with Crippen LogP contribution in [0.15, 0.2) is 0 Å². The Bertz CT molecular complexity index is 195. The minimum Gasteiger partial charge on any atom is -0.481 e. The summed E-state index contributed by atoms with van der Waals surface area (Å²) in [6.45, 7) is 5.53. The van der Waals surface area contributed by atoms with Crippen molar-refractivity contribution in [2.24, 2.45) is 11.5 Å². The summed E-state index contributed by atoms with van der Waals surface area (Å²) < 4.78 is 0. The van der Waals surface area contributed by atoms with Crippen molar-refractivity contribution >= 4 is 23.9 Å². The van der Waals surface area contributed by atoms with Crippen LogP contribution in [0.3, 0.4) is 0 Å². The van der Waals surface area contributed by atoms with Gasteiger partial charge in [0.2, 0.25) is 0 Å². The maximum atomic E-state index is 9.00. The fourth-order valence-electron chi connectivity index (χ4n) is 0. The monoisotopic (exact) mass is 398 g/mol. The molecule has 0 aromatic carbocycles. The van der Waals surface area contributed by atoms with E-state index in [9.17, 15) is 0 Å². The molecule has 21 heavy (non-hydrogen) atoms. The SMILES string of the molecule is CC(=O)O.CC(=O)O.CC(=O)O.CC(=O)O.NCCN.[Mo]. The topological polar surface area (TPSA) is 201 Å². The molecule has 0 heterocycles. The van der Waals surface area contributed by atoms with Gasteiger partial charge in [-0.05, 0) is 0 Å². The van der Waals surface area contributed by atoms with Gasteiger partial charge in [0, 0.05) is 61.8 Å². The molecule has 0 bridgehead atoms. The second-order valence-corrected chi connectivity index (χ2v) is 2.65. The molecule has 128 valence electrons. The van der Waals surface area contributed by atoms with Gasteiger partial charge < -0.3 is 31.9 Å². The van der Waals surface area contributed by atoms with Crippen molar-refractivity contribution in [1.82, 2.24) is 0 Å². The fraction of sp³-hybridized carbons (Fsp3) is 0.600. The average Bonchev–Trinajstić information content (AvgIpc) is 2.13. The standard InChI is InChI=1S/C2H8N2.4C2H4O2.Mo/c3-1-2-4;4*1-2(3)4;/h1-4H2;4*1H3,(H,3,4);. The van der Waals surface area contributed by atoms with E-state index < -0.39 is 23.9 Å². The molecule has 0 saturated carbocycles. The second-order valence-electron chi connectivity index (χ2n) is 2.65. The Morgan fingerprint density at radius 2 is 0.667 bits per heavy atom. The normalized spacial score (nSPS) is 6.19. The van der Waals surface area contributed by atoms with Crippen molar-refractivity contribution in [3.63, 3.8) is 0 Å². The van der Waals surface area contributed by atoms with Crippen molar-refractivity contribution in [3.8, 4) is 0 Å². The minimum absolute atomic E-state index is 0. The smallest absolute Gasteiger partial charge is 0.300 e. The Morgan fingerprint density at radius 3 is 0.667 bits per heavy atom. The summed E-state index contributed by atoms with van der Waals surface area (Å²) in [7, 11) is 0. The van der Waals surface area contributed by atoms with Gasteiger partial charge in [0.15, 0.2) is 0 Å². The number of carbonyl (C=O) groups is 4. The molecule has 0 radical (unpaired) electrons. The molecule has 0 rings (SSSR count). The van der Waals surface area contributed by atoms with Gasteiger partial charge in [-0.3, -0.25) is 19.2 Å². The van der Waals surface area contributed by atoms with Crippen LogP contribution in [0, 0.1) is 0 Å². The zero-order valence-corrected chi connectivity index (χ0v) is 14.4. The molecule has 0 amide bonds. The molecular weight excluding hydrogens is 372 g/mol. The van der Waals surface area contributed by atoms with Crippen LogP contribution in [0.5, 0.6) is 0 Å². The van der Waals surface area contributed by atoms with E-state index in [1.54, 1.807) is 0 Å². The van der Waals surface area contributed by atoms with Gasteiger partial charge in [-0.1, -0.05) is 0 Å². The summed E-state index contributed by atoms with van der Waals surface area (Å²) in [6.07, 6.45) is 0. The summed E-state index contributed by atoms with van der Waals surface area (Å²) in [5, 5.41) is 29.7. The van der Waals surface area contributed by atoms with Gasteiger partial charge in [0.25, 0.3) is 23.9 Å². The number of nitrogens with two attached hydrogens (primary N) is 2. The molecule has 0 aromatic rings. The van der Waals surface area contributed by atoms with Crippen LogP contribution in [0.2, 0.25) is 0 Å². The molecule has 0 fully saturated rings. The molecular formula is C10H24MoN2O8. The number of hydrogen-bond acceptors (Lipinski definition) is 6. The molecule has 0 aliphatic carbocycles. The minimum atomic E-state index is -0.833. The van der Waals surface area contributed by atoms with Crippen molar-refractivity contribution in [3.05, 3.63) is 0 Å². The molecule has 8 N–H and O–H groups in total. The molecule has 0 aliphatic heterocycles. The zero-order valence-electron chi connectivity index (χ0n) is 12.4. The van der Waals surface area contributed by atoms with Crippen molar-refractivity contribution in [1.29, 1.82) is 0 Å². The first kappa shape index (κ1) is 36.6. The van der Waals surface area contributed by atoms with E-state index >= 15 is 0 Å². The van der Waals surface area contributed by atoms with Gasteiger partial charge in [0.05, 0.1) is 0 Å². The number of rotatable bonds is 1. The van der Waals surface area contributed by atoms with Crippen LogP contribution < -0.4 is 11.5 Å². The number of hydrogen-bond donors (Lipinski definition) is 6. The summed E-state index contributed by atoms with van der Waals surface area (Å²) in [4.78, 5) is 36.0. The van der Waals surface area contributed by atoms with Gasteiger partial charge in [-0.25, -0.2) is 0 Å². The van der Waals surface area contributed by atoms with E-state index in [0.717, 1.165) is 27.7 Å². The van der Waals surface area contributed by atoms with Gasteiger partial charge in [-0.15, -0.1) is 0 Å². The molecule has 0 unspecified atom stereocenters. The van der Waals surface area contributed by atoms with Crippen molar-refractivity contribution in [2.45, 2.75) is 27.7 Å². The third-order valence-electron chi connectivity index (χ3n) is 0.167. The molecule has 0 atom stereocenters. The van der Waals surface area contributed by atoms with E-state index in [4.69, 9.17) is 51.1 Å². The Labute approximate surface area is 137 Å². The summed E-state index contributed by atoms with van der Waals surface area (Å²) >= 11 is 0. The Hall–Kier alpha value is -1.51. The fourth-order valence-corrected chi connectivity index (χ4v) is 0. The van der Waals surface area contributed by atoms with E-state index in [0.29, 0.717) is 13.1 Å². The summed E-state index contributed by atoms with van der Waals surface area (Å²) in [6, 6.07) is 0. The van der Waals surface area contributed by atoms with Crippen LogP contribution in [0.25, 0.3) is 0 Å². The largest absolute Gasteiger partial charge is 0.481 e. The second kappa shape index (κ2) is 36.3. The summed E-state index contributed by atoms with van der Waals surface area (Å²) in [5.74, 6) is -3.33. The van der Waals surface area contributed by atoms with Crippen LogP contribution in [-0.2, 0) is 40.2 Å². The van der Waals surface area contributed by atoms with Gasteiger partial charge >= 0.3 is 0 Å². The van der Waals surface area contributed by atoms with E-state index in [2.05, 4.69) is 0 Å². The van der Waals surface area contributed by atoms with Gasteiger partial charge in [-0.2, -0.15) is 0 Å². The first-order chi connectivity index (χ1) is 8.84. The van der Waals surface area contributed by atoms with Crippen LogP contribution >= 0.6 is 0 Å². The number of carboxylic acid groups (broad SMARTS) is 4. The first-order valence-corrected chi connectivity index (χ1v) is 5.03. The quantitative estimate of drug-likeness (QED) is 0.307. The van der Waals surface area contributed by atoms with Crippen LogP contribution in [-0.4, -0.2) is 57.4 Å². The van der Waals surface area contributed by atoms with Crippen LogP contribution in [0.1, 0.15) is 27.7 Å². The van der Waals surface area contributed by atoms with Crippen LogP contribution in [0.4, 0.5) is 0 Å². The predicted molar refractivity (Wildman–Crippen MR) is 71.3 cm³/mol. The number of aliphatic carboxylic acids is 4. The molecule has 0 aliphatic rings. The number of carboxylic acids is 4.